The monoisotopic (exact) mass is 440 g/mol. The molecule has 6 heteroatoms. The second kappa shape index (κ2) is 8.92. The average molecular weight is 440 g/mol. The average Bonchev–Trinajstić information content (AvgIpc) is 2.88. The van der Waals surface area contributed by atoms with Gasteiger partial charge in [-0.2, -0.15) is 0 Å². The fraction of sp³-hybridized carbons (Fsp3) is 0.444. The smallest absolute Gasteiger partial charge is 0.243 e. The van der Waals surface area contributed by atoms with Crippen LogP contribution in [0.3, 0.4) is 0 Å². The molecule has 0 unspecified atom stereocenters. The van der Waals surface area contributed by atoms with Crippen molar-refractivity contribution in [1.82, 2.24) is 10.2 Å². The van der Waals surface area contributed by atoms with Gasteiger partial charge >= 0.3 is 0 Å². The van der Waals surface area contributed by atoms with Crippen LogP contribution in [0.1, 0.15) is 25.8 Å². The van der Waals surface area contributed by atoms with Gasteiger partial charge < -0.3 is 15.5 Å². The minimum Gasteiger partial charge on any atom is -0.347 e. The molecule has 0 aromatic heterocycles. The number of carbonyl (C=O) groups excluding carboxylic acids is 1. The summed E-state index contributed by atoms with van der Waals surface area (Å²) in [6, 6.07) is 7.24. The van der Waals surface area contributed by atoms with E-state index in [9.17, 15) is 4.79 Å². The zero-order valence-corrected chi connectivity index (χ0v) is 16.8. The highest BCUT2D eigenvalue weighted by Gasteiger charge is 2.30. The van der Waals surface area contributed by atoms with Crippen molar-refractivity contribution < 1.29 is 4.79 Å². The molecule has 1 aromatic rings. The standard InChI is InChI=1S/C18H24N4O.HI/c1-5-14-7-6-8-15(11-14)21-16(23)12-20-17(19-4)22-10-9-18(2,3)13-22;/h1,6-8,11H,9-10,12-13H2,2-4H3,(H,19,20)(H,21,23);1H. The summed E-state index contributed by atoms with van der Waals surface area (Å²) in [5, 5.41) is 5.95. The van der Waals surface area contributed by atoms with Crippen molar-refractivity contribution in [2.75, 3.05) is 32.0 Å². The van der Waals surface area contributed by atoms with E-state index in [0.717, 1.165) is 31.0 Å². The molecule has 0 aliphatic carbocycles. The largest absolute Gasteiger partial charge is 0.347 e. The molecule has 0 saturated carbocycles. The lowest BCUT2D eigenvalue weighted by Gasteiger charge is -2.23. The van der Waals surface area contributed by atoms with Crippen molar-refractivity contribution >= 4 is 41.5 Å². The molecular weight excluding hydrogens is 415 g/mol. The molecule has 1 amide bonds. The Kier molecular flexibility index (Phi) is 7.55. The van der Waals surface area contributed by atoms with Crippen molar-refractivity contribution in [2.24, 2.45) is 10.4 Å². The lowest BCUT2D eigenvalue weighted by Crippen LogP contribution is -2.43. The molecule has 24 heavy (non-hydrogen) atoms. The van der Waals surface area contributed by atoms with E-state index in [2.05, 4.69) is 40.3 Å². The number of terminal acetylenes is 1. The first kappa shape index (κ1) is 20.3. The summed E-state index contributed by atoms with van der Waals surface area (Å²) in [6.07, 6.45) is 6.49. The summed E-state index contributed by atoms with van der Waals surface area (Å²) in [5.41, 5.74) is 1.73. The Balaban J connectivity index is 0.00000288. The molecular formula is C18H25IN4O. The van der Waals surface area contributed by atoms with Gasteiger partial charge in [-0.15, -0.1) is 30.4 Å². The highest BCUT2D eigenvalue weighted by atomic mass is 127. The fourth-order valence-electron chi connectivity index (χ4n) is 2.68. The van der Waals surface area contributed by atoms with Crippen LogP contribution in [0.5, 0.6) is 0 Å². The Bertz CT molecular complexity index is 649. The van der Waals surface area contributed by atoms with E-state index in [0.29, 0.717) is 5.69 Å². The van der Waals surface area contributed by atoms with E-state index in [1.807, 2.05) is 18.2 Å². The number of benzene rings is 1. The van der Waals surface area contributed by atoms with E-state index in [-0.39, 0.29) is 41.8 Å². The summed E-state index contributed by atoms with van der Waals surface area (Å²) >= 11 is 0. The molecule has 0 atom stereocenters. The second-order valence-corrected chi connectivity index (χ2v) is 6.51. The van der Waals surface area contributed by atoms with Crippen molar-refractivity contribution in [3.63, 3.8) is 0 Å². The van der Waals surface area contributed by atoms with Crippen molar-refractivity contribution in [2.45, 2.75) is 20.3 Å². The van der Waals surface area contributed by atoms with Gasteiger partial charge in [-0.25, -0.2) is 0 Å². The minimum atomic E-state index is -0.126. The number of carbonyl (C=O) groups is 1. The van der Waals surface area contributed by atoms with Crippen LogP contribution in [-0.2, 0) is 4.79 Å². The molecule has 0 radical (unpaired) electrons. The van der Waals surface area contributed by atoms with Gasteiger partial charge in [-0.1, -0.05) is 25.8 Å². The van der Waals surface area contributed by atoms with Gasteiger partial charge in [0.05, 0.1) is 6.54 Å². The van der Waals surface area contributed by atoms with Gasteiger partial charge in [-0.05, 0) is 30.0 Å². The van der Waals surface area contributed by atoms with E-state index in [4.69, 9.17) is 6.42 Å². The van der Waals surface area contributed by atoms with Crippen molar-refractivity contribution in [3.8, 4) is 12.3 Å². The summed E-state index contributed by atoms with van der Waals surface area (Å²) in [6.45, 7) is 6.55. The summed E-state index contributed by atoms with van der Waals surface area (Å²) in [4.78, 5) is 18.5. The van der Waals surface area contributed by atoms with Gasteiger partial charge in [0, 0.05) is 31.4 Å². The predicted molar refractivity (Wildman–Crippen MR) is 110 cm³/mol. The normalized spacial score (nSPS) is 16.1. The quantitative estimate of drug-likeness (QED) is 0.329. The first-order chi connectivity index (χ1) is 10.9. The Morgan fingerprint density at radius 3 is 2.79 bits per heavy atom. The number of aliphatic imine (C=N–C) groups is 1. The zero-order valence-electron chi connectivity index (χ0n) is 14.4. The number of guanidine groups is 1. The Morgan fingerprint density at radius 2 is 2.21 bits per heavy atom. The number of likely N-dealkylation sites (tertiary alicyclic amines) is 1. The second-order valence-electron chi connectivity index (χ2n) is 6.51. The molecule has 1 aliphatic rings. The molecule has 1 heterocycles. The van der Waals surface area contributed by atoms with Crippen LogP contribution in [0.2, 0.25) is 0 Å². The lowest BCUT2D eigenvalue weighted by molar-refractivity contribution is -0.115. The van der Waals surface area contributed by atoms with E-state index >= 15 is 0 Å². The van der Waals surface area contributed by atoms with Gasteiger partial charge in [-0.3, -0.25) is 9.79 Å². The van der Waals surface area contributed by atoms with Crippen LogP contribution in [0, 0.1) is 17.8 Å². The summed E-state index contributed by atoms with van der Waals surface area (Å²) < 4.78 is 0. The number of anilines is 1. The highest BCUT2D eigenvalue weighted by Crippen LogP contribution is 2.28. The number of rotatable bonds is 3. The van der Waals surface area contributed by atoms with Crippen LogP contribution < -0.4 is 10.6 Å². The number of halogens is 1. The predicted octanol–water partition coefficient (Wildman–Crippen LogP) is 2.53. The SMILES string of the molecule is C#Cc1cccc(NC(=O)CNC(=NC)N2CCC(C)(C)C2)c1.I. The minimum absolute atomic E-state index is 0. The maximum Gasteiger partial charge on any atom is 0.243 e. The molecule has 0 bridgehead atoms. The van der Waals surface area contributed by atoms with Crippen LogP contribution >= 0.6 is 24.0 Å². The van der Waals surface area contributed by atoms with Gasteiger partial charge in [0.15, 0.2) is 5.96 Å². The fourth-order valence-corrected chi connectivity index (χ4v) is 2.68. The third kappa shape index (κ3) is 5.71. The Labute approximate surface area is 161 Å². The maximum absolute atomic E-state index is 12.1. The molecule has 1 aromatic carbocycles. The lowest BCUT2D eigenvalue weighted by atomic mass is 9.93. The van der Waals surface area contributed by atoms with E-state index in [1.54, 1.807) is 13.1 Å². The van der Waals surface area contributed by atoms with Crippen LogP contribution in [0.15, 0.2) is 29.3 Å². The van der Waals surface area contributed by atoms with Crippen LogP contribution in [0.4, 0.5) is 5.69 Å². The van der Waals surface area contributed by atoms with Gasteiger partial charge in [0.25, 0.3) is 0 Å². The number of hydrogen-bond donors (Lipinski definition) is 2. The number of nitrogens with zero attached hydrogens (tertiary/aromatic N) is 2. The van der Waals surface area contributed by atoms with Crippen molar-refractivity contribution in [1.29, 1.82) is 0 Å². The number of amides is 1. The van der Waals surface area contributed by atoms with E-state index < -0.39 is 0 Å². The highest BCUT2D eigenvalue weighted by molar-refractivity contribution is 14.0. The summed E-state index contributed by atoms with van der Waals surface area (Å²) in [5.74, 6) is 3.19. The maximum atomic E-state index is 12.1. The molecule has 2 N–H and O–H groups in total. The third-order valence-corrected chi connectivity index (χ3v) is 3.91. The molecule has 5 nitrogen and oxygen atoms in total. The molecule has 1 fully saturated rings. The molecule has 130 valence electrons. The third-order valence-electron chi connectivity index (χ3n) is 3.91. The Morgan fingerprint density at radius 1 is 1.46 bits per heavy atom. The van der Waals surface area contributed by atoms with Gasteiger partial charge in [0.1, 0.15) is 0 Å². The number of nitrogens with one attached hydrogen (secondary N) is 2. The Hall–Kier alpha value is -1.75. The molecule has 2 rings (SSSR count). The van der Waals surface area contributed by atoms with Gasteiger partial charge in [0.2, 0.25) is 5.91 Å². The first-order valence-corrected chi connectivity index (χ1v) is 7.76. The first-order valence-electron chi connectivity index (χ1n) is 7.76. The van der Waals surface area contributed by atoms with Crippen LogP contribution in [0.25, 0.3) is 0 Å². The number of hydrogen-bond acceptors (Lipinski definition) is 2. The van der Waals surface area contributed by atoms with Crippen molar-refractivity contribution in [3.05, 3.63) is 29.8 Å². The van der Waals surface area contributed by atoms with E-state index in [1.165, 1.54) is 0 Å². The van der Waals surface area contributed by atoms with Crippen LogP contribution in [-0.4, -0.2) is 43.4 Å². The molecule has 1 aliphatic heterocycles. The molecule has 1 saturated heterocycles. The topological polar surface area (TPSA) is 56.7 Å². The molecule has 0 spiro atoms. The summed E-state index contributed by atoms with van der Waals surface area (Å²) in [7, 11) is 1.74. The zero-order chi connectivity index (χ0) is 16.9.